The van der Waals surface area contributed by atoms with E-state index < -0.39 is 0 Å². The highest BCUT2D eigenvalue weighted by atomic mass is 16.5. The predicted molar refractivity (Wildman–Crippen MR) is 68.4 cm³/mol. The van der Waals surface area contributed by atoms with E-state index in [4.69, 9.17) is 4.74 Å². The van der Waals surface area contributed by atoms with Crippen LogP contribution in [0.4, 0.5) is 0 Å². The molecule has 5 heteroatoms. The van der Waals surface area contributed by atoms with Gasteiger partial charge in [0, 0.05) is 25.9 Å². The predicted octanol–water partition coefficient (Wildman–Crippen LogP) is 1.21. The van der Waals surface area contributed by atoms with E-state index in [2.05, 4.69) is 10.2 Å². The van der Waals surface area contributed by atoms with Gasteiger partial charge in [-0.05, 0) is 38.7 Å². The fraction of sp³-hybridized carbons (Fsp3) is 0.692. The number of aromatic amines is 1. The summed E-state index contributed by atoms with van der Waals surface area (Å²) < 4.78 is 5.41. The van der Waals surface area contributed by atoms with Gasteiger partial charge >= 0.3 is 0 Å². The second kappa shape index (κ2) is 5.52. The summed E-state index contributed by atoms with van der Waals surface area (Å²) in [4.78, 5) is 13.8. The summed E-state index contributed by atoms with van der Waals surface area (Å²) in [5.74, 6) is 0.103. The highest BCUT2D eigenvalue weighted by Crippen LogP contribution is 2.15. The van der Waals surface area contributed by atoms with E-state index >= 15 is 0 Å². The van der Waals surface area contributed by atoms with Crippen molar-refractivity contribution in [1.29, 1.82) is 0 Å². The smallest absolute Gasteiger partial charge is 0.251 e. The molecule has 1 N–H and O–H groups in total. The third kappa shape index (κ3) is 2.72. The molecule has 0 saturated carbocycles. The van der Waals surface area contributed by atoms with Crippen molar-refractivity contribution in [2.24, 2.45) is 0 Å². The van der Waals surface area contributed by atoms with Gasteiger partial charge in [0.05, 0.1) is 5.69 Å². The molecule has 2 rings (SSSR count). The van der Waals surface area contributed by atoms with Gasteiger partial charge in [0.2, 0.25) is 0 Å². The molecule has 5 nitrogen and oxygen atoms in total. The van der Waals surface area contributed by atoms with Crippen molar-refractivity contribution in [3.63, 3.8) is 0 Å². The van der Waals surface area contributed by atoms with Gasteiger partial charge in [-0.25, -0.2) is 0 Å². The average Bonchev–Trinajstić information content (AvgIpc) is 2.97. The Hall–Kier alpha value is -1.36. The number of nitrogens with one attached hydrogen (secondary N) is 1. The summed E-state index contributed by atoms with van der Waals surface area (Å²) in [7, 11) is 1.84. The lowest BCUT2D eigenvalue weighted by atomic mass is 10.1. The van der Waals surface area contributed by atoms with Crippen molar-refractivity contribution >= 4 is 5.91 Å². The Balaban J connectivity index is 1.88. The molecule has 1 aliphatic heterocycles. The molecule has 0 aromatic carbocycles. The summed E-state index contributed by atoms with van der Waals surface area (Å²) >= 11 is 0. The number of hydrogen-bond donors (Lipinski definition) is 1. The van der Waals surface area contributed by atoms with E-state index in [-0.39, 0.29) is 12.0 Å². The summed E-state index contributed by atoms with van der Waals surface area (Å²) in [5.41, 5.74) is 3.32. The molecular formula is C13H21N3O2. The first-order valence-electron chi connectivity index (χ1n) is 6.46. The third-order valence-corrected chi connectivity index (χ3v) is 3.56. The lowest BCUT2D eigenvalue weighted by Crippen LogP contribution is -2.37. The van der Waals surface area contributed by atoms with Gasteiger partial charge in [0.15, 0.2) is 0 Å². The topological polar surface area (TPSA) is 58.2 Å². The number of hydrogen-bond acceptors (Lipinski definition) is 3. The fourth-order valence-corrected chi connectivity index (χ4v) is 2.35. The van der Waals surface area contributed by atoms with Gasteiger partial charge in [-0.15, -0.1) is 0 Å². The number of ether oxygens (including phenoxy) is 1. The van der Waals surface area contributed by atoms with E-state index in [1.165, 1.54) is 5.56 Å². The van der Waals surface area contributed by atoms with Crippen molar-refractivity contribution in [3.05, 3.63) is 17.0 Å². The van der Waals surface area contributed by atoms with Crippen LogP contribution in [0.1, 0.15) is 29.8 Å². The van der Waals surface area contributed by atoms with Crippen molar-refractivity contribution in [2.75, 3.05) is 20.2 Å². The molecular weight excluding hydrogens is 230 g/mol. The Kier molecular flexibility index (Phi) is 4.01. The average molecular weight is 251 g/mol. The molecule has 0 bridgehead atoms. The van der Waals surface area contributed by atoms with Gasteiger partial charge in [0.1, 0.15) is 6.10 Å². The number of H-pyrrole nitrogens is 1. The van der Waals surface area contributed by atoms with Gasteiger partial charge in [0.25, 0.3) is 5.91 Å². The number of carbonyl (C=O) groups excluding carboxylic acids is 1. The summed E-state index contributed by atoms with van der Waals surface area (Å²) in [6.07, 6.45) is 2.46. The molecule has 2 heterocycles. The monoisotopic (exact) mass is 251 g/mol. The van der Waals surface area contributed by atoms with Gasteiger partial charge < -0.3 is 9.64 Å². The maximum atomic E-state index is 12.1. The molecule has 1 saturated heterocycles. The second-order valence-electron chi connectivity index (χ2n) is 4.92. The van der Waals surface area contributed by atoms with E-state index in [1.54, 1.807) is 4.90 Å². The van der Waals surface area contributed by atoms with Crippen LogP contribution in [0, 0.1) is 13.8 Å². The van der Waals surface area contributed by atoms with Crippen molar-refractivity contribution in [1.82, 2.24) is 15.1 Å². The van der Waals surface area contributed by atoms with Crippen LogP contribution in [-0.4, -0.2) is 47.3 Å². The number of rotatable bonds is 4. The maximum absolute atomic E-state index is 12.1. The number of carbonyl (C=O) groups is 1. The third-order valence-electron chi connectivity index (χ3n) is 3.56. The van der Waals surface area contributed by atoms with Crippen LogP contribution < -0.4 is 0 Å². The van der Waals surface area contributed by atoms with Crippen LogP contribution in [0.3, 0.4) is 0 Å². The first-order valence-corrected chi connectivity index (χ1v) is 6.46. The molecule has 1 aromatic rings. The summed E-state index contributed by atoms with van der Waals surface area (Å²) in [6.45, 7) is 5.42. The van der Waals surface area contributed by atoms with Crippen molar-refractivity contribution in [3.8, 4) is 0 Å². The number of nitrogens with zero attached hydrogens (tertiary/aromatic N) is 2. The van der Waals surface area contributed by atoms with E-state index in [0.29, 0.717) is 13.2 Å². The molecule has 1 atom stereocenters. The Bertz CT molecular complexity index is 402. The number of aryl methyl sites for hydroxylation is 2. The number of aromatic nitrogens is 2. The zero-order chi connectivity index (χ0) is 13.1. The van der Waals surface area contributed by atoms with Crippen LogP contribution >= 0.6 is 0 Å². The van der Waals surface area contributed by atoms with E-state index in [1.807, 2.05) is 20.9 Å². The lowest BCUT2D eigenvalue weighted by molar-refractivity contribution is -0.139. The minimum atomic E-state index is -0.221. The van der Waals surface area contributed by atoms with E-state index in [9.17, 15) is 4.79 Å². The van der Waals surface area contributed by atoms with Crippen LogP contribution in [0.5, 0.6) is 0 Å². The fourth-order valence-electron chi connectivity index (χ4n) is 2.35. The Morgan fingerprint density at radius 3 is 2.89 bits per heavy atom. The molecule has 1 aromatic heterocycles. The van der Waals surface area contributed by atoms with Crippen LogP contribution in [0.2, 0.25) is 0 Å². The zero-order valence-corrected chi connectivity index (χ0v) is 11.3. The lowest BCUT2D eigenvalue weighted by Gasteiger charge is -2.20. The SMILES string of the molecule is Cc1n[nH]c(C)c1CCN(C)C(=O)[C@@H]1CCCO1. The quantitative estimate of drug-likeness (QED) is 0.875. The first-order chi connectivity index (χ1) is 8.59. The zero-order valence-electron chi connectivity index (χ0n) is 11.3. The minimum absolute atomic E-state index is 0.103. The molecule has 100 valence electrons. The largest absolute Gasteiger partial charge is 0.368 e. The minimum Gasteiger partial charge on any atom is -0.368 e. The maximum Gasteiger partial charge on any atom is 0.251 e. The highest BCUT2D eigenvalue weighted by molar-refractivity contribution is 5.80. The van der Waals surface area contributed by atoms with E-state index in [0.717, 1.165) is 30.7 Å². The molecule has 0 spiro atoms. The van der Waals surface area contributed by atoms with Gasteiger partial charge in [-0.1, -0.05) is 0 Å². The molecule has 0 unspecified atom stereocenters. The Labute approximate surface area is 108 Å². The summed E-state index contributed by atoms with van der Waals surface area (Å²) in [5, 5.41) is 7.13. The molecule has 1 amide bonds. The Morgan fingerprint density at radius 2 is 2.33 bits per heavy atom. The van der Waals surface area contributed by atoms with Crippen LogP contribution in [-0.2, 0) is 16.0 Å². The second-order valence-corrected chi connectivity index (χ2v) is 4.92. The molecule has 1 fully saturated rings. The molecule has 1 aliphatic rings. The molecule has 0 radical (unpaired) electrons. The molecule has 18 heavy (non-hydrogen) atoms. The highest BCUT2D eigenvalue weighted by Gasteiger charge is 2.26. The number of amides is 1. The molecule has 0 aliphatic carbocycles. The Morgan fingerprint density at radius 1 is 1.56 bits per heavy atom. The van der Waals surface area contributed by atoms with Gasteiger partial charge in [-0.2, -0.15) is 5.10 Å². The first kappa shape index (κ1) is 13.1. The van der Waals surface area contributed by atoms with Gasteiger partial charge in [-0.3, -0.25) is 9.89 Å². The number of likely N-dealkylation sites (N-methyl/N-ethyl adjacent to an activating group) is 1. The standard InChI is InChI=1S/C13H21N3O2/c1-9-11(10(2)15-14-9)6-7-16(3)13(17)12-5-4-8-18-12/h12H,4-8H2,1-3H3,(H,14,15)/t12-/m0/s1. The van der Waals surface area contributed by atoms with Crippen LogP contribution in [0.25, 0.3) is 0 Å². The van der Waals surface area contributed by atoms with Crippen molar-refractivity contribution < 1.29 is 9.53 Å². The normalized spacial score (nSPS) is 19.2. The summed E-state index contributed by atoms with van der Waals surface area (Å²) in [6, 6.07) is 0. The van der Waals surface area contributed by atoms with Crippen LogP contribution in [0.15, 0.2) is 0 Å². The van der Waals surface area contributed by atoms with Crippen molar-refractivity contribution in [2.45, 2.75) is 39.2 Å².